The zero-order valence-corrected chi connectivity index (χ0v) is 10.7. The number of fused-ring (bicyclic) bond motifs is 1. The number of nitrogens with two attached hydrogens (primary N) is 1. The Morgan fingerprint density at radius 1 is 1.33 bits per heavy atom. The fourth-order valence-corrected chi connectivity index (χ4v) is 1.94. The third-order valence-corrected chi connectivity index (χ3v) is 3.01. The Kier molecular flexibility index (Phi) is 4.04. The van der Waals surface area contributed by atoms with Crippen molar-refractivity contribution in [3.63, 3.8) is 0 Å². The molecule has 1 aromatic carbocycles. The highest BCUT2D eigenvalue weighted by Gasteiger charge is 2.07. The van der Waals surface area contributed by atoms with Crippen LogP contribution < -0.4 is 10.6 Å². The lowest BCUT2D eigenvalue weighted by Crippen LogP contribution is -2.19. The summed E-state index contributed by atoms with van der Waals surface area (Å²) in [4.78, 5) is 9.87. The number of unbranched alkanes of at least 4 members (excludes halogenated alkanes) is 2. The lowest BCUT2D eigenvalue weighted by atomic mass is 10.2. The first-order valence-corrected chi connectivity index (χ1v) is 6.28. The van der Waals surface area contributed by atoms with E-state index in [2.05, 4.69) is 14.9 Å². The average Bonchev–Trinajstić information content (AvgIpc) is 2.77. The number of benzene rings is 1. The molecule has 5 heteroatoms. The third-order valence-electron chi connectivity index (χ3n) is 3.01. The second-order valence-corrected chi connectivity index (χ2v) is 4.54. The lowest BCUT2D eigenvalue weighted by molar-refractivity contribution is 0.283. The van der Waals surface area contributed by atoms with E-state index in [-0.39, 0.29) is 6.61 Å². The number of anilines is 2. The molecular weight excluding hydrogens is 228 g/mol. The minimum absolute atomic E-state index is 0.271. The van der Waals surface area contributed by atoms with Crippen LogP contribution in [0.1, 0.15) is 19.3 Å². The zero-order chi connectivity index (χ0) is 13.0. The average molecular weight is 248 g/mol. The molecule has 2 rings (SSSR count). The van der Waals surface area contributed by atoms with Crippen LogP contribution in [0.5, 0.6) is 0 Å². The van der Waals surface area contributed by atoms with Crippen LogP contribution in [0.15, 0.2) is 18.2 Å². The van der Waals surface area contributed by atoms with Crippen molar-refractivity contribution < 1.29 is 5.11 Å². The molecule has 0 aliphatic rings. The van der Waals surface area contributed by atoms with E-state index in [1.165, 1.54) is 0 Å². The molecule has 0 saturated carbocycles. The molecule has 98 valence electrons. The number of rotatable bonds is 6. The van der Waals surface area contributed by atoms with Crippen molar-refractivity contribution in [2.24, 2.45) is 0 Å². The molecule has 5 nitrogen and oxygen atoms in total. The van der Waals surface area contributed by atoms with Gasteiger partial charge < -0.3 is 20.7 Å². The molecule has 0 bridgehead atoms. The van der Waals surface area contributed by atoms with Crippen molar-refractivity contribution in [1.82, 2.24) is 9.97 Å². The number of nitrogens with one attached hydrogen (secondary N) is 1. The largest absolute Gasteiger partial charge is 0.399 e. The second kappa shape index (κ2) is 5.73. The summed E-state index contributed by atoms with van der Waals surface area (Å²) in [5.74, 6) is 0.861. The van der Waals surface area contributed by atoms with Gasteiger partial charge in [0, 0.05) is 25.9 Å². The fourth-order valence-electron chi connectivity index (χ4n) is 1.94. The Balaban J connectivity index is 2.01. The van der Waals surface area contributed by atoms with Gasteiger partial charge in [0.15, 0.2) is 0 Å². The summed E-state index contributed by atoms with van der Waals surface area (Å²) in [6, 6.07) is 5.67. The van der Waals surface area contributed by atoms with E-state index in [4.69, 9.17) is 10.8 Å². The van der Waals surface area contributed by atoms with Crippen LogP contribution in [0, 0.1) is 0 Å². The van der Waals surface area contributed by atoms with Crippen molar-refractivity contribution in [2.75, 3.05) is 30.8 Å². The zero-order valence-electron chi connectivity index (χ0n) is 10.7. The molecule has 4 N–H and O–H groups in total. The highest BCUT2D eigenvalue weighted by molar-refractivity contribution is 5.80. The smallest absolute Gasteiger partial charge is 0.203 e. The molecule has 2 aromatic rings. The maximum atomic E-state index is 8.73. The summed E-state index contributed by atoms with van der Waals surface area (Å²) in [6.45, 7) is 1.20. The van der Waals surface area contributed by atoms with Gasteiger partial charge in [-0.3, -0.25) is 0 Å². The van der Waals surface area contributed by atoms with E-state index < -0.39 is 0 Å². The molecular formula is C13H20N4O. The van der Waals surface area contributed by atoms with E-state index >= 15 is 0 Å². The van der Waals surface area contributed by atoms with Crippen molar-refractivity contribution in [2.45, 2.75) is 19.3 Å². The van der Waals surface area contributed by atoms with Crippen molar-refractivity contribution in [3.05, 3.63) is 18.2 Å². The van der Waals surface area contributed by atoms with Gasteiger partial charge in [0.25, 0.3) is 0 Å². The van der Waals surface area contributed by atoms with Gasteiger partial charge in [-0.05, 0) is 37.5 Å². The number of aromatic nitrogens is 2. The number of nitrogen functional groups attached to an aromatic ring is 1. The Labute approximate surface area is 107 Å². The standard InChI is InChI=1S/C13H20N4O/c1-17(7-3-2-4-8-18)13-15-11-6-5-10(14)9-12(11)16-13/h5-6,9,18H,2-4,7-8,14H2,1H3,(H,15,16). The van der Waals surface area contributed by atoms with Gasteiger partial charge in [0.1, 0.15) is 0 Å². The van der Waals surface area contributed by atoms with Crippen LogP contribution in [0.25, 0.3) is 11.0 Å². The Morgan fingerprint density at radius 2 is 2.17 bits per heavy atom. The van der Waals surface area contributed by atoms with Crippen LogP contribution in [-0.4, -0.2) is 35.3 Å². The highest BCUT2D eigenvalue weighted by atomic mass is 16.2. The van der Waals surface area contributed by atoms with E-state index in [1.54, 1.807) is 0 Å². The number of hydrogen-bond acceptors (Lipinski definition) is 4. The maximum Gasteiger partial charge on any atom is 0.203 e. The van der Waals surface area contributed by atoms with Gasteiger partial charge in [-0.15, -0.1) is 0 Å². The van der Waals surface area contributed by atoms with E-state index in [9.17, 15) is 0 Å². The first-order valence-electron chi connectivity index (χ1n) is 6.28. The summed E-state index contributed by atoms with van der Waals surface area (Å²) in [5.41, 5.74) is 8.37. The molecule has 0 spiro atoms. The Morgan fingerprint density at radius 3 is 2.94 bits per heavy atom. The van der Waals surface area contributed by atoms with E-state index in [0.717, 1.165) is 48.5 Å². The third kappa shape index (κ3) is 2.92. The molecule has 0 fully saturated rings. The van der Waals surface area contributed by atoms with Crippen LogP contribution in [-0.2, 0) is 0 Å². The summed E-state index contributed by atoms with van der Waals surface area (Å²) in [7, 11) is 2.01. The highest BCUT2D eigenvalue weighted by Crippen LogP contribution is 2.19. The quantitative estimate of drug-likeness (QED) is 0.537. The molecule has 0 aliphatic heterocycles. The molecule has 0 amide bonds. The molecule has 1 aromatic heterocycles. The number of aromatic amines is 1. The number of aliphatic hydroxyl groups excluding tert-OH is 1. The van der Waals surface area contributed by atoms with Gasteiger partial charge >= 0.3 is 0 Å². The van der Waals surface area contributed by atoms with Crippen LogP contribution in [0.4, 0.5) is 11.6 Å². The minimum atomic E-state index is 0.271. The SMILES string of the molecule is CN(CCCCCO)c1nc2ccc(N)cc2[nH]1. The fraction of sp³-hybridized carbons (Fsp3) is 0.462. The Hall–Kier alpha value is -1.75. The topological polar surface area (TPSA) is 78.2 Å². The first kappa shape index (κ1) is 12.7. The number of aliphatic hydroxyl groups is 1. The number of nitrogens with zero attached hydrogens (tertiary/aromatic N) is 2. The molecule has 0 aliphatic carbocycles. The van der Waals surface area contributed by atoms with Crippen LogP contribution >= 0.6 is 0 Å². The number of hydrogen-bond donors (Lipinski definition) is 3. The predicted octanol–water partition coefficient (Wildman–Crippen LogP) is 1.74. The molecule has 0 saturated heterocycles. The van der Waals surface area contributed by atoms with E-state index in [0.29, 0.717) is 0 Å². The number of H-pyrrole nitrogens is 1. The summed E-state index contributed by atoms with van der Waals surface area (Å²) >= 11 is 0. The van der Waals surface area contributed by atoms with Gasteiger partial charge in [0.2, 0.25) is 5.95 Å². The molecule has 1 heterocycles. The van der Waals surface area contributed by atoms with E-state index in [1.807, 2.05) is 25.2 Å². The van der Waals surface area contributed by atoms with Crippen LogP contribution in [0.2, 0.25) is 0 Å². The maximum absolute atomic E-state index is 8.73. The summed E-state index contributed by atoms with van der Waals surface area (Å²) in [5, 5.41) is 8.73. The van der Waals surface area contributed by atoms with Gasteiger partial charge in [-0.1, -0.05) is 0 Å². The second-order valence-electron chi connectivity index (χ2n) is 4.54. The minimum Gasteiger partial charge on any atom is -0.399 e. The first-order chi connectivity index (χ1) is 8.70. The number of imidazole rings is 1. The monoisotopic (exact) mass is 248 g/mol. The van der Waals surface area contributed by atoms with Crippen LogP contribution in [0.3, 0.4) is 0 Å². The molecule has 18 heavy (non-hydrogen) atoms. The lowest BCUT2D eigenvalue weighted by Gasteiger charge is -2.15. The van der Waals surface area contributed by atoms with Gasteiger partial charge in [-0.2, -0.15) is 0 Å². The van der Waals surface area contributed by atoms with Gasteiger partial charge in [-0.25, -0.2) is 4.98 Å². The normalized spacial score (nSPS) is 11.0. The van der Waals surface area contributed by atoms with Crippen molar-refractivity contribution in [3.8, 4) is 0 Å². The molecule has 0 unspecified atom stereocenters. The Bertz CT molecular complexity index is 509. The van der Waals surface area contributed by atoms with Gasteiger partial charge in [0.05, 0.1) is 11.0 Å². The van der Waals surface area contributed by atoms with Crippen molar-refractivity contribution >= 4 is 22.7 Å². The summed E-state index contributed by atoms with van der Waals surface area (Å²) in [6.07, 6.45) is 2.95. The van der Waals surface area contributed by atoms with Crippen molar-refractivity contribution in [1.29, 1.82) is 0 Å². The predicted molar refractivity (Wildman–Crippen MR) is 74.7 cm³/mol. The molecule has 0 radical (unpaired) electrons. The summed E-state index contributed by atoms with van der Waals surface area (Å²) < 4.78 is 0. The molecule has 0 atom stereocenters.